The molecular weight excluding hydrogens is 312 g/mol. The van der Waals surface area contributed by atoms with E-state index in [4.69, 9.17) is 0 Å². The lowest BCUT2D eigenvalue weighted by molar-refractivity contribution is 0.102. The number of carbonyl (C=O) groups is 1. The highest BCUT2D eigenvalue weighted by Crippen LogP contribution is 2.14. The van der Waals surface area contributed by atoms with Gasteiger partial charge < -0.3 is 10.6 Å². The summed E-state index contributed by atoms with van der Waals surface area (Å²) in [5.41, 5.74) is 4.70. The van der Waals surface area contributed by atoms with Gasteiger partial charge in [0.25, 0.3) is 5.91 Å². The molecule has 5 heteroatoms. The molecule has 5 nitrogen and oxygen atoms in total. The number of nitrogens with zero attached hydrogens (tertiary/aromatic N) is 2. The van der Waals surface area contributed by atoms with Crippen LogP contribution in [0, 0.1) is 13.8 Å². The maximum absolute atomic E-state index is 12.3. The van der Waals surface area contributed by atoms with Crippen molar-refractivity contribution in [2.75, 3.05) is 10.6 Å². The molecule has 0 unspecified atom stereocenters. The largest absolute Gasteiger partial charge is 0.366 e. The first kappa shape index (κ1) is 16.6. The zero-order valence-corrected chi connectivity index (χ0v) is 14.3. The van der Waals surface area contributed by atoms with E-state index >= 15 is 0 Å². The minimum Gasteiger partial charge on any atom is -0.366 e. The maximum atomic E-state index is 12.3. The number of rotatable bonds is 5. The van der Waals surface area contributed by atoms with Crippen LogP contribution in [0.3, 0.4) is 0 Å². The molecule has 0 aliphatic carbocycles. The number of aryl methyl sites for hydroxylation is 2. The third-order valence-corrected chi connectivity index (χ3v) is 4.01. The summed E-state index contributed by atoms with van der Waals surface area (Å²) in [5.74, 6) is 0.614. The van der Waals surface area contributed by atoms with Gasteiger partial charge in [-0.2, -0.15) is 0 Å². The second-order valence-corrected chi connectivity index (χ2v) is 5.89. The minimum absolute atomic E-state index is 0.137. The van der Waals surface area contributed by atoms with Crippen molar-refractivity contribution in [1.29, 1.82) is 0 Å². The molecule has 0 radical (unpaired) electrons. The van der Waals surface area contributed by atoms with E-state index in [0.717, 1.165) is 16.9 Å². The first-order valence-corrected chi connectivity index (χ1v) is 8.09. The summed E-state index contributed by atoms with van der Waals surface area (Å²) >= 11 is 0. The van der Waals surface area contributed by atoms with Crippen LogP contribution < -0.4 is 10.6 Å². The smallest absolute Gasteiger partial charge is 0.255 e. The van der Waals surface area contributed by atoms with Crippen molar-refractivity contribution >= 4 is 17.4 Å². The van der Waals surface area contributed by atoms with Gasteiger partial charge in [-0.05, 0) is 66.9 Å². The molecule has 126 valence electrons. The van der Waals surface area contributed by atoms with Crippen LogP contribution in [-0.4, -0.2) is 15.9 Å². The first-order chi connectivity index (χ1) is 12.1. The van der Waals surface area contributed by atoms with Crippen molar-refractivity contribution in [2.45, 2.75) is 20.4 Å². The van der Waals surface area contributed by atoms with Crippen LogP contribution in [0.4, 0.5) is 11.5 Å². The van der Waals surface area contributed by atoms with Crippen LogP contribution in [0.25, 0.3) is 0 Å². The van der Waals surface area contributed by atoms with Crippen molar-refractivity contribution in [3.8, 4) is 0 Å². The Bertz CT molecular complexity index is 861. The van der Waals surface area contributed by atoms with Gasteiger partial charge in [0.2, 0.25) is 0 Å². The Morgan fingerprint density at radius 3 is 2.48 bits per heavy atom. The fourth-order valence-corrected chi connectivity index (χ4v) is 2.35. The van der Waals surface area contributed by atoms with Crippen LogP contribution >= 0.6 is 0 Å². The van der Waals surface area contributed by atoms with Gasteiger partial charge in [-0.15, -0.1) is 0 Å². The van der Waals surface area contributed by atoms with Gasteiger partial charge in [0.15, 0.2) is 0 Å². The Morgan fingerprint density at radius 2 is 1.80 bits per heavy atom. The molecule has 0 atom stereocenters. The Balaban J connectivity index is 1.60. The lowest BCUT2D eigenvalue weighted by atomic mass is 10.1. The summed E-state index contributed by atoms with van der Waals surface area (Å²) in [6.45, 7) is 4.69. The highest BCUT2D eigenvalue weighted by Gasteiger charge is 2.07. The standard InChI is InChI=1S/C20H20N4O/c1-14-3-4-17(11-15(14)2)20(25)24-18-5-6-19(23-13-18)22-12-16-7-9-21-10-8-16/h3-11,13H,12H2,1-2H3,(H,22,23)(H,24,25). The second kappa shape index (κ2) is 7.57. The Kier molecular flexibility index (Phi) is 5.04. The Hall–Kier alpha value is -3.21. The van der Waals surface area contributed by atoms with E-state index in [1.807, 2.05) is 56.3 Å². The molecule has 0 spiro atoms. The monoisotopic (exact) mass is 332 g/mol. The Morgan fingerprint density at radius 1 is 1.00 bits per heavy atom. The number of hydrogen-bond acceptors (Lipinski definition) is 4. The third-order valence-electron chi connectivity index (χ3n) is 4.01. The van der Waals surface area contributed by atoms with Gasteiger partial charge in [0.1, 0.15) is 5.82 Å². The second-order valence-electron chi connectivity index (χ2n) is 5.89. The van der Waals surface area contributed by atoms with Crippen molar-refractivity contribution in [3.05, 3.63) is 83.3 Å². The predicted octanol–water partition coefficient (Wildman–Crippen LogP) is 3.96. The van der Waals surface area contributed by atoms with Crippen molar-refractivity contribution < 1.29 is 4.79 Å². The summed E-state index contributed by atoms with van der Waals surface area (Å²) in [6, 6.07) is 13.3. The number of benzene rings is 1. The molecular formula is C20H20N4O. The number of amides is 1. The van der Waals surface area contributed by atoms with Crippen LogP contribution in [0.2, 0.25) is 0 Å². The summed E-state index contributed by atoms with van der Waals surface area (Å²) < 4.78 is 0. The Labute approximate surface area is 147 Å². The molecule has 1 amide bonds. The summed E-state index contributed by atoms with van der Waals surface area (Å²) in [5, 5.41) is 6.10. The van der Waals surface area contributed by atoms with Crippen molar-refractivity contribution in [2.24, 2.45) is 0 Å². The first-order valence-electron chi connectivity index (χ1n) is 8.09. The number of anilines is 2. The number of aromatic nitrogens is 2. The van der Waals surface area contributed by atoms with Crippen LogP contribution in [0.5, 0.6) is 0 Å². The van der Waals surface area contributed by atoms with Gasteiger partial charge in [-0.25, -0.2) is 4.98 Å². The quantitative estimate of drug-likeness (QED) is 0.742. The SMILES string of the molecule is Cc1ccc(C(=O)Nc2ccc(NCc3ccncc3)nc2)cc1C. The summed E-state index contributed by atoms with van der Waals surface area (Å²) in [6.07, 6.45) is 5.17. The third kappa shape index (κ3) is 4.41. The van der Waals surface area contributed by atoms with E-state index in [2.05, 4.69) is 20.6 Å². The van der Waals surface area contributed by atoms with Gasteiger partial charge in [-0.3, -0.25) is 9.78 Å². The number of carbonyl (C=O) groups excluding carboxylic acids is 1. The predicted molar refractivity (Wildman–Crippen MR) is 99.7 cm³/mol. The van der Waals surface area contributed by atoms with E-state index in [1.165, 1.54) is 5.56 Å². The van der Waals surface area contributed by atoms with Gasteiger partial charge in [0, 0.05) is 24.5 Å². The highest BCUT2D eigenvalue weighted by molar-refractivity contribution is 6.04. The molecule has 0 fully saturated rings. The average molecular weight is 332 g/mol. The van der Waals surface area contributed by atoms with E-state index in [9.17, 15) is 4.79 Å². The molecule has 0 saturated heterocycles. The fourth-order valence-electron chi connectivity index (χ4n) is 2.35. The molecule has 1 aromatic carbocycles. The van der Waals surface area contributed by atoms with Gasteiger partial charge in [-0.1, -0.05) is 6.07 Å². The summed E-state index contributed by atoms with van der Waals surface area (Å²) in [4.78, 5) is 20.6. The molecule has 2 heterocycles. The van der Waals surface area contributed by atoms with E-state index in [-0.39, 0.29) is 5.91 Å². The van der Waals surface area contributed by atoms with Crippen LogP contribution in [-0.2, 0) is 6.54 Å². The van der Waals surface area contributed by atoms with E-state index in [0.29, 0.717) is 17.8 Å². The lowest BCUT2D eigenvalue weighted by Crippen LogP contribution is -2.12. The minimum atomic E-state index is -0.137. The normalized spacial score (nSPS) is 10.3. The van der Waals surface area contributed by atoms with Crippen LogP contribution in [0.1, 0.15) is 27.0 Å². The van der Waals surface area contributed by atoms with Crippen molar-refractivity contribution in [3.63, 3.8) is 0 Å². The topological polar surface area (TPSA) is 66.9 Å². The summed E-state index contributed by atoms with van der Waals surface area (Å²) in [7, 11) is 0. The molecule has 25 heavy (non-hydrogen) atoms. The number of nitrogens with one attached hydrogen (secondary N) is 2. The van der Waals surface area contributed by atoms with E-state index in [1.54, 1.807) is 18.6 Å². The fraction of sp³-hybridized carbons (Fsp3) is 0.150. The zero-order valence-electron chi connectivity index (χ0n) is 14.3. The molecule has 0 saturated carbocycles. The average Bonchev–Trinajstić information content (AvgIpc) is 2.64. The van der Waals surface area contributed by atoms with Crippen LogP contribution in [0.15, 0.2) is 61.1 Å². The lowest BCUT2D eigenvalue weighted by Gasteiger charge is -2.09. The number of pyridine rings is 2. The molecule has 0 bridgehead atoms. The highest BCUT2D eigenvalue weighted by atomic mass is 16.1. The molecule has 0 aliphatic heterocycles. The van der Waals surface area contributed by atoms with E-state index < -0.39 is 0 Å². The molecule has 3 aromatic rings. The molecule has 3 rings (SSSR count). The van der Waals surface area contributed by atoms with Gasteiger partial charge >= 0.3 is 0 Å². The molecule has 0 aliphatic rings. The number of hydrogen-bond donors (Lipinski definition) is 2. The van der Waals surface area contributed by atoms with Crippen molar-refractivity contribution in [1.82, 2.24) is 9.97 Å². The van der Waals surface area contributed by atoms with Gasteiger partial charge in [0.05, 0.1) is 11.9 Å². The molecule has 2 aromatic heterocycles. The maximum Gasteiger partial charge on any atom is 0.255 e. The molecule has 2 N–H and O–H groups in total. The zero-order chi connectivity index (χ0) is 17.6.